The van der Waals surface area contributed by atoms with Crippen molar-refractivity contribution in [3.63, 3.8) is 0 Å². The van der Waals surface area contributed by atoms with Gasteiger partial charge in [0.15, 0.2) is 0 Å². The maximum Gasteiger partial charge on any atom is 0.322 e. The Morgan fingerprint density at radius 1 is 1.19 bits per heavy atom. The van der Waals surface area contributed by atoms with Crippen LogP contribution in [0.5, 0.6) is 0 Å². The summed E-state index contributed by atoms with van der Waals surface area (Å²) in [4.78, 5) is 24.6. The highest BCUT2D eigenvalue weighted by Gasteiger charge is 2.17. The maximum atomic E-state index is 12.2. The number of urea groups is 1. The van der Waals surface area contributed by atoms with Gasteiger partial charge >= 0.3 is 6.03 Å². The quantitative estimate of drug-likeness (QED) is 0.743. The number of carbonyl (C=O) groups excluding carboxylic acids is 2. The van der Waals surface area contributed by atoms with Gasteiger partial charge in [-0.2, -0.15) is 0 Å². The van der Waals surface area contributed by atoms with E-state index < -0.39 is 5.91 Å². The Morgan fingerprint density at radius 3 is 2.19 bits per heavy atom. The number of nitrogens with two attached hydrogens (primary N) is 2. The monoisotopic (exact) mass is 292 g/mol. The first-order valence-corrected chi connectivity index (χ1v) is 6.99. The van der Waals surface area contributed by atoms with Gasteiger partial charge in [-0.05, 0) is 30.5 Å². The van der Waals surface area contributed by atoms with Gasteiger partial charge in [0.1, 0.15) is 6.54 Å². The molecule has 116 valence electrons. The van der Waals surface area contributed by atoms with Gasteiger partial charge in [0.05, 0.1) is 0 Å². The maximum absolute atomic E-state index is 12.2. The second-order valence-corrected chi connectivity index (χ2v) is 5.58. The number of nitrogens with one attached hydrogen (secondary N) is 1. The summed E-state index contributed by atoms with van der Waals surface area (Å²) >= 11 is 0. The summed E-state index contributed by atoms with van der Waals surface area (Å²) in [7, 11) is 0. The van der Waals surface area contributed by atoms with E-state index in [-0.39, 0.29) is 24.5 Å². The van der Waals surface area contributed by atoms with Gasteiger partial charge in [-0.25, -0.2) is 4.79 Å². The topological polar surface area (TPSA) is 101 Å². The van der Waals surface area contributed by atoms with E-state index in [4.69, 9.17) is 11.5 Å². The summed E-state index contributed by atoms with van der Waals surface area (Å²) in [5.41, 5.74) is 12.6. The van der Waals surface area contributed by atoms with Gasteiger partial charge in [0.2, 0.25) is 5.91 Å². The highest BCUT2D eigenvalue weighted by Crippen LogP contribution is 2.14. The Morgan fingerprint density at radius 2 is 1.76 bits per heavy atom. The van der Waals surface area contributed by atoms with E-state index in [2.05, 4.69) is 5.32 Å². The summed E-state index contributed by atoms with van der Waals surface area (Å²) in [6, 6.07) is 6.91. The zero-order valence-electron chi connectivity index (χ0n) is 12.8. The second-order valence-electron chi connectivity index (χ2n) is 5.58. The Balaban J connectivity index is 2.73. The first-order chi connectivity index (χ1) is 9.79. The van der Waals surface area contributed by atoms with Crippen molar-refractivity contribution < 1.29 is 9.59 Å². The zero-order valence-corrected chi connectivity index (χ0v) is 12.8. The minimum Gasteiger partial charge on any atom is -0.368 e. The first kappa shape index (κ1) is 17.0. The van der Waals surface area contributed by atoms with Crippen molar-refractivity contribution in [1.82, 2.24) is 4.90 Å². The van der Waals surface area contributed by atoms with Gasteiger partial charge < -0.3 is 21.7 Å². The molecule has 0 heterocycles. The van der Waals surface area contributed by atoms with Gasteiger partial charge in [0, 0.05) is 18.3 Å². The average molecular weight is 292 g/mol. The average Bonchev–Trinajstić information content (AvgIpc) is 2.37. The van der Waals surface area contributed by atoms with E-state index in [0.29, 0.717) is 12.2 Å². The molecule has 21 heavy (non-hydrogen) atoms. The van der Waals surface area contributed by atoms with Crippen LogP contribution in [0.4, 0.5) is 10.5 Å². The molecule has 6 nitrogen and oxygen atoms in total. The highest BCUT2D eigenvalue weighted by molar-refractivity contribution is 5.92. The number of hydrogen-bond acceptors (Lipinski definition) is 3. The third-order valence-electron chi connectivity index (χ3n) is 2.91. The number of rotatable bonds is 6. The van der Waals surface area contributed by atoms with Crippen LogP contribution in [0, 0.1) is 5.92 Å². The molecule has 1 aromatic rings. The van der Waals surface area contributed by atoms with E-state index in [9.17, 15) is 9.59 Å². The molecule has 0 aliphatic heterocycles. The molecule has 0 saturated carbocycles. The molecule has 0 aliphatic rings. The molecule has 0 saturated heterocycles. The van der Waals surface area contributed by atoms with Crippen LogP contribution in [0.15, 0.2) is 24.3 Å². The number of hydrogen-bond donors (Lipinski definition) is 3. The van der Waals surface area contributed by atoms with Crippen LogP contribution in [0.25, 0.3) is 0 Å². The molecule has 3 amide bonds. The van der Waals surface area contributed by atoms with Gasteiger partial charge in [-0.3, -0.25) is 4.79 Å². The molecule has 0 radical (unpaired) electrons. The van der Waals surface area contributed by atoms with E-state index >= 15 is 0 Å². The van der Waals surface area contributed by atoms with Crippen LogP contribution in [0.3, 0.4) is 0 Å². The lowest BCUT2D eigenvalue weighted by atomic mass is 10.1. The number of carbonyl (C=O) groups is 2. The van der Waals surface area contributed by atoms with Crippen LogP contribution < -0.4 is 16.8 Å². The first-order valence-electron chi connectivity index (χ1n) is 6.99. The van der Waals surface area contributed by atoms with Crippen molar-refractivity contribution in [2.24, 2.45) is 17.4 Å². The Kier molecular flexibility index (Phi) is 6.17. The molecule has 0 aromatic heterocycles. The van der Waals surface area contributed by atoms with Crippen molar-refractivity contribution in [2.45, 2.75) is 26.8 Å². The van der Waals surface area contributed by atoms with Crippen LogP contribution in [-0.2, 0) is 4.79 Å². The van der Waals surface area contributed by atoms with Crippen molar-refractivity contribution in [3.05, 3.63) is 29.8 Å². The summed E-state index contributed by atoms with van der Waals surface area (Å²) in [5, 5.41) is 2.76. The molecular weight excluding hydrogens is 268 g/mol. The minimum atomic E-state index is -0.530. The van der Waals surface area contributed by atoms with Crippen molar-refractivity contribution >= 4 is 17.6 Å². The summed E-state index contributed by atoms with van der Waals surface area (Å²) in [6.07, 6.45) is 0. The largest absolute Gasteiger partial charge is 0.368 e. The summed E-state index contributed by atoms with van der Waals surface area (Å²) in [5.74, 6) is -0.284. The second kappa shape index (κ2) is 7.64. The Labute approximate surface area is 125 Å². The van der Waals surface area contributed by atoms with E-state index in [0.717, 1.165) is 5.56 Å². The number of nitrogens with zero attached hydrogens (tertiary/aromatic N) is 1. The van der Waals surface area contributed by atoms with Gasteiger partial charge in [-0.1, -0.05) is 26.0 Å². The lowest BCUT2D eigenvalue weighted by molar-refractivity contribution is -0.118. The number of amides is 3. The van der Waals surface area contributed by atoms with Crippen LogP contribution in [0.1, 0.15) is 32.4 Å². The molecule has 5 N–H and O–H groups in total. The van der Waals surface area contributed by atoms with E-state index in [1.807, 2.05) is 32.9 Å². The molecule has 1 atom stereocenters. The fourth-order valence-electron chi connectivity index (χ4n) is 1.92. The van der Waals surface area contributed by atoms with E-state index in [1.165, 1.54) is 4.90 Å². The number of primary amides is 1. The lowest BCUT2D eigenvalue weighted by Crippen LogP contribution is -2.42. The standard InChI is InChI=1S/C15H24N4O2/c1-10(2)8-19(9-14(17)20)15(21)18-13-6-4-12(5-7-13)11(3)16/h4-7,10-11H,8-9,16H2,1-3H3,(H2,17,20)(H,18,21). The molecule has 6 heteroatoms. The lowest BCUT2D eigenvalue weighted by Gasteiger charge is -2.23. The van der Waals surface area contributed by atoms with Crippen LogP contribution >= 0.6 is 0 Å². The molecule has 0 fully saturated rings. The van der Waals surface area contributed by atoms with Gasteiger partial charge in [0.25, 0.3) is 0 Å². The highest BCUT2D eigenvalue weighted by atomic mass is 16.2. The van der Waals surface area contributed by atoms with Crippen molar-refractivity contribution in [2.75, 3.05) is 18.4 Å². The Bertz CT molecular complexity index is 483. The molecule has 0 bridgehead atoms. The molecule has 0 spiro atoms. The minimum absolute atomic E-state index is 0.0537. The predicted molar refractivity (Wildman–Crippen MR) is 83.7 cm³/mol. The third-order valence-corrected chi connectivity index (χ3v) is 2.91. The molecular formula is C15H24N4O2. The van der Waals surface area contributed by atoms with E-state index in [1.54, 1.807) is 12.1 Å². The molecule has 1 unspecified atom stereocenters. The number of benzene rings is 1. The third kappa shape index (κ3) is 5.83. The van der Waals surface area contributed by atoms with Crippen LogP contribution in [-0.4, -0.2) is 29.9 Å². The van der Waals surface area contributed by atoms with Crippen molar-refractivity contribution in [1.29, 1.82) is 0 Å². The SMILES string of the molecule is CC(C)CN(CC(N)=O)C(=O)Nc1ccc(C(C)N)cc1. The fourth-order valence-corrected chi connectivity index (χ4v) is 1.92. The van der Waals surface area contributed by atoms with Crippen molar-refractivity contribution in [3.8, 4) is 0 Å². The Hall–Kier alpha value is -2.08. The number of anilines is 1. The summed E-state index contributed by atoms with van der Waals surface area (Å²) in [6.45, 7) is 6.21. The normalized spacial score (nSPS) is 12.0. The molecule has 0 aliphatic carbocycles. The predicted octanol–water partition coefficient (Wildman–Crippen LogP) is 1.68. The molecule has 1 aromatic carbocycles. The molecule has 1 rings (SSSR count). The smallest absolute Gasteiger partial charge is 0.322 e. The van der Waals surface area contributed by atoms with Crippen LogP contribution in [0.2, 0.25) is 0 Å². The summed E-state index contributed by atoms with van der Waals surface area (Å²) < 4.78 is 0. The van der Waals surface area contributed by atoms with Gasteiger partial charge in [-0.15, -0.1) is 0 Å². The zero-order chi connectivity index (χ0) is 16.0. The fraction of sp³-hybridized carbons (Fsp3) is 0.467.